The third-order valence-corrected chi connectivity index (χ3v) is 5.77. The van der Waals surface area contributed by atoms with Crippen LogP contribution in [-0.4, -0.2) is 11.6 Å². The molecule has 21 heavy (non-hydrogen) atoms. The average Bonchev–Trinajstić information content (AvgIpc) is 3.27. The molecule has 0 amide bonds. The van der Waals surface area contributed by atoms with Crippen molar-refractivity contribution in [3.05, 3.63) is 67.2 Å². The molecule has 0 aliphatic carbocycles. The van der Waals surface area contributed by atoms with Crippen molar-refractivity contribution < 1.29 is 9.59 Å². The van der Waals surface area contributed by atoms with E-state index in [2.05, 4.69) is 0 Å². The van der Waals surface area contributed by atoms with Gasteiger partial charge in [0.1, 0.15) is 0 Å². The summed E-state index contributed by atoms with van der Waals surface area (Å²) in [6.45, 7) is 0. The highest BCUT2D eigenvalue weighted by atomic mass is 32.1. The molecule has 3 rings (SSSR count). The molecule has 0 fully saturated rings. The predicted octanol–water partition coefficient (Wildman–Crippen LogP) is 5.11. The second kappa shape index (κ2) is 6.47. The number of rotatable bonds is 6. The summed E-state index contributed by atoms with van der Waals surface area (Å²) in [5.41, 5.74) is 0.692. The van der Waals surface area contributed by atoms with E-state index >= 15 is 0 Å². The molecule has 2 nitrogen and oxygen atoms in total. The summed E-state index contributed by atoms with van der Waals surface area (Å²) in [4.78, 5) is 26.7. The molecule has 3 aromatic rings. The van der Waals surface area contributed by atoms with Crippen molar-refractivity contribution in [1.29, 1.82) is 0 Å². The van der Waals surface area contributed by atoms with Crippen molar-refractivity contribution in [3.8, 4) is 0 Å². The molecule has 3 aromatic heterocycles. The zero-order valence-electron chi connectivity index (χ0n) is 11.0. The molecule has 3 heterocycles. The molecule has 0 aliphatic rings. The first-order chi connectivity index (χ1) is 10.3. The summed E-state index contributed by atoms with van der Waals surface area (Å²) in [5, 5.41) is 7.56. The first-order valence-electron chi connectivity index (χ1n) is 6.42. The molecule has 0 saturated heterocycles. The Labute approximate surface area is 134 Å². The van der Waals surface area contributed by atoms with Crippen molar-refractivity contribution in [3.63, 3.8) is 0 Å². The van der Waals surface area contributed by atoms with Gasteiger partial charge in [-0.05, 0) is 34.3 Å². The molecular weight excluding hydrogens is 320 g/mol. The van der Waals surface area contributed by atoms with Gasteiger partial charge in [0, 0.05) is 22.2 Å². The monoisotopic (exact) mass is 332 g/mol. The third-order valence-electron chi connectivity index (χ3n) is 3.19. The lowest BCUT2D eigenvalue weighted by atomic mass is 9.92. The molecular formula is C16H12O2S3. The van der Waals surface area contributed by atoms with Crippen molar-refractivity contribution >= 4 is 45.6 Å². The zero-order valence-corrected chi connectivity index (χ0v) is 13.5. The molecule has 0 aliphatic heterocycles. The summed E-state index contributed by atoms with van der Waals surface area (Å²) in [6.07, 6.45) is 0.232. The molecule has 1 atom stereocenters. The lowest BCUT2D eigenvalue weighted by Gasteiger charge is -2.12. The fraction of sp³-hybridized carbons (Fsp3) is 0.125. The van der Waals surface area contributed by atoms with Gasteiger partial charge in [-0.2, -0.15) is 11.3 Å². The number of carbonyl (C=O) groups is 2. The maximum Gasteiger partial charge on any atom is 0.173 e. The van der Waals surface area contributed by atoms with Crippen LogP contribution in [0.4, 0.5) is 0 Å². The maximum absolute atomic E-state index is 12.7. The van der Waals surface area contributed by atoms with Crippen LogP contribution < -0.4 is 0 Å². The van der Waals surface area contributed by atoms with Crippen molar-refractivity contribution in [2.75, 3.05) is 0 Å². The number of thiophene rings is 3. The summed E-state index contributed by atoms with van der Waals surface area (Å²) in [7, 11) is 0. The van der Waals surface area contributed by atoms with Gasteiger partial charge in [0.15, 0.2) is 11.6 Å². The van der Waals surface area contributed by atoms with E-state index in [0.29, 0.717) is 5.56 Å². The largest absolute Gasteiger partial charge is 0.293 e. The Hall–Kier alpha value is -1.56. The lowest BCUT2D eigenvalue weighted by molar-refractivity contribution is 0.0897. The second-order valence-corrected chi connectivity index (χ2v) is 7.26. The van der Waals surface area contributed by atoms with E-state index in [1.54, 1.807) is 0 Å². The Morgan fingerprint density at radius 2 is 1.81 bits per heavy atom. The highest BCUT2D eigenvalue weighted by Crippen LogP contribution is 2.30. The van der Waals surface area contributed by atoms with Crippen LogP contribution in [0.2, 0.25) is 0 Å². The SMILES string of the molecule is O=C(C[C@@H](C(=O)c1ccsc1)c1cccs1)c1cccs1. The summed E-state index contributed by atoms with van der Waals surface area (Å²) in [6, 6.07) is 9.35. The highest BCUT2D eigenvalue weighted by molar-refractivity contribution is 7.12. The Balaban J connectivity index is 1.87. The van der Waals surface area contributed by atoms with Crippen LogP contribution in [0.1, 0.15) is 37.2 Å². The van der Waals surface area contributed by atoms with Crippen LogP contribution in [0.15, 0.2) is 51.9 Å². The molecule has 5 heteroatoms. The van der Waals surface area contributed by atoms with Gasteiger partial charge in [-0.15, -0.1) is 22.7 Å². The van der Waals surface area contributed by atoms with Gasteiger partial charge in [-0.25, -0.2) is 0 Å². The van der Waals surface area contributed by atoms with E-state index in [0.717, 1.165) is 9.75 Å². The van der Waals surface area contributed by atoms with E-state index in [4.69, 9.17) is 0 Å². The molecule has 0 aromatic carbocycles. The molecule has 0 unspecified atom stereocenters. The van der Waals surface area contributed by atoms with Crippen molar-refractivity contribution in [2.45, 2.75) is 12.3 Å². The lowest BCUT2D eigenvalue weighted by Crippen LogP contribution is -2.15. The Bertz CT molecular complexity index is 710. The van der Waals surface area contributed by atoms with E-state index < -0.39 is 0 Å². The normalized spacial score (nSPS) is 12.2. The van der Waals surface area contributed by atoms with Crippen LogP contribution in [0.25, 0.3) is 0 Å². The fourth-order valence-corrected chi connectivity index (χ4v) is 4.29. The van der Waals surface area contributed by atoms with E-state index in [-0.39, 0.29) is 23.9 Å². The van der Waals surface area contributed by atoms with Crippen LogP contribution in [0.3, 0.4) is 0 Å². The summed E-state index contributed by atoms with van der Waals surface area (Å²) in [5.74, 6) is -0.315. The predicted molar refractivity (Wildman–Crippen MR) is 89.0 cm³/mol. The minimum Gasteiger partial charge on any atom is -0.293 e. The van der Waals surface area contributed by atoms with Gasteiger partial charge in [-0.3, -0.25) is 9.59 Å². The van der Waals surface area contributed by atoms with Gasteiger partial charge >= 0.3 is 0 Å². The minimum absolute atomic E-state index is 0.0311. The Morgan fingerprint density at radius 3 is 2.43 bits per heavy atom. The standard InChI is InChI=1S/C16H12O2S3/c17-13(15-4-2-7-21-15)9-12(14-3-1-6-20-14)16(18)11-5-8-19-10-11/h1-8,10,12H,9H2/t12-/m1/s1. The average molecular weight is 332 g/mol. The van der Waals surface area contributed by atoms with Gasteiger partial charge < -0.3 is 0 Å². The zero-order chi connectivity index (χ0) is 14.7. The Morgan fingerprint density at radius 1 is 1.00 bits per heavy atom. The van der Waals surface area contributed by atoms with E-state index in [1.807, 2.05) is 51.9 Å². The minimum atomic E-state index is -0.380. The summed E-state index contributed by atoms with van der Waals surface area (Å²) >= 11 is 4.45. The molecule has 106 valence electrons. The molecule has 0 radical (unpaired) electrons. The van der Waals surface area contributed by atoms with Gasteiger partial charge in [0.2, 0.25) is 0 Å². The quantitative estimate of drug-likeness (QED) is 0.588. The molecule has 0 bridgehead atoms. The van der Waals surface area contributed by atoms with E-state index in [1.165, 1.54) is 34.0 Å². The van der Waals surface area contributed by atoms with E-state index in [9.17, 15) is 9.59 Å². The number of hydrogen-bond acceptors (Lipinski definition) is 5. The third kappa shape index (κ3) is 3.20. The molecule has 0 saturated carbocycles. The topological polar surface area (TPSA) is 34.1 Å². The summed E-state index contributed by atoms with van der Waals surface area (Å²) < 4.78 is 0. The van der Waals surface area contributed by atoms with Crippen LogP contribution in [-0.2, 0) is 0 Å². The highest BCUT2D eigenvalue weighted by Gasteiger charge is 2.26. The number of ketones is 2. The van der Waals surface area contributed by atoms with Gasteiger partial charge in [-0.1, -0.05) is 12.1 Å². The van der Waals surface area contributed by atoms with Crippen LogP contribution in [0, 0.1) is 0 Å². The maximum atomic E-state index is 12.7. The Kier molecular flexibility index (Phi) is 4.43. The molecule has 0 spiro atoms. The smallest absolute Gasteiger partial charge is 0.173 e. The molecule has 0 N–H and O–H groups in total. The number of Topliss-reactive ketones (excluding diaryl/α,β-unsaturated/α-hetero) is 2. The first-order valence-corrected chi connectivity index (χ1v) is 9.12. The first kappa shape index (κ1) is 14.4. The van der Waals surface area contributed by atoms with Crippen molar-refractivity contribution in [1.82, 2.24) is 0 Å². The van der Waals surface area contributed by atoms with Crippen molar-refractivity contribution in [2.24, 2.45) is 0 Å². The van der Waals surface area contributed by atoms with Crippen LogP contribution in [0.5, 0.6) is 0 Å². The van der Waals surface area contributed by atoms with Gasteiger partial charge in [0.25, 0.3) is 0 Å². The number of carbonyl (C=O) groups excluding carboxylic acids is 2. The number of hydrogen-bond donors (Lipinski definition) is 0. The van der Waals surface area contributed by atoms with Gasteiger partial charge in [0.05, 0.1) is 10.8 Å². The fourth-order valence-electron chi connectivity index (χ4n) is 2.14. The second-order valence-electron chi connectivity index (χ2n) is 4.55. The van der Waals surface area contributed by atoms with Crippen LogP contribution >= 0.6 is 34.0 Å².